The highest BCUT2D eigenvalue weighted by atomic mass is 32.1. The van der Waals surface area contributed by atoms with Crippen LogP contribution in [0.5, 0.6) is 0 Å². The zero-order valence-corrected chi connectivity index (χ0v) is 15.1. The molecule has 0 spiro atoms. The number of carbonyl (C=O) groups excluding carboxylic acids is 1. The van der Waals surface area contributed by atoms with E-state index in [4.69, 9.17) is 13.9 Å². The Bertz CT molecular complexity index is 722. The minimum Gasteiger partial charge on any atom is -0.440 e. The van der Waals surface area contributed by atoms with Crippen LogP contribution in [0, 0.1) is 12.8 Å². The number of amides is 1. The molecule has 2 fully saturated rings. The van der Waals surface area contributed by atoms with Crippen LogP contribution in [0.2, 0.25) is 0 Å². The van der Waals surface area contributed by atoms with Gasteiger partial charge in [0.15, 0.2) is 6.29 Å². The van der Waals surface area contributed by atoms with Crippen LogP contribution in [0.4, 0.5) is 0 Å². The molecule has 0 saturated carbocycles. The van der Waals surface area contributed by atoms with Crippen molar-refractivity contribution >= 4 is 17.2 Å². The number of thiophene rings is 1. The van der Waals surface area contributed by atoms with Gasteiger partial charge in [0.05, 0.1) is 30.2 Å². The molecule has 7 heteroatoms. The fourth-order valence-corrected chi connectivity index (χ4v) is 4.11. The quantitative estimate of drug-likeness (QED) is 0.837. The lowest BCUT2D eigenvalue weighted by atomic mass is 9.97. The van der Waals surface area contributed by atoms with Gasteiger partial charge in [0.2, 0.25) is 11.8 Å². The van der Waals surface area contributed by atoms with E-state index in [-0.39, 0.29) is 24.5 Å². The maximum atomic E-state index is 12.7. The van der Waals surface area contributed by atoms with Crippen LogP contribution in [0.1, 0.15) is 24.3 Å². The van der Waals surface area contributed by atoms with Gasteiger partial charge in [-0.2, -0.15) is 0 Å². The number of hydrogen-bond acceptors (Lipinski definition) is 6. The van der Waals surface area contributed by atoms with Gasteiger partial charge < -0.3 is 18.8 Å². The van der Waals surface area contributed by atoms with Crippen molar-refractivity contribution in [3.63, 3.8) is 0 Å². The zero-order chi connectivity index (χ0) is 17.2. The lowest BCUT2D eigenvalue weighted by Crippen LogP contribution is -2.44. The Hall–Kier alpha value is -1.70. The van der Waals surface area contributed by atoms with Crippen molar-refractivity contribution in [1.82, 2.24) is 9.88 Å². The molecular weight excluding hydrogens is 340 g/mol. The van der Waals surface area contributed by atoms with Crippen molar-refractivity contribution in [2.75, 3.05) is 26.3 Å². The first kappa shape index (κ1) is 16.8. The Morgan fingerprint density at radius 1 is 1.40 bits per heavy atom. The van der Waals surface area contributed by atoms with E-state index in [1.54, 1.807) is 11.3 Å². The summed E-state index contributed by atoms with van der Waals surface area (Å²) in [7, 11) is 0. The Labute approximate surface area is 150 Å². The molecule has 2 aliphatic heterocycles. The molecule has 4 rings (SSSR count). The number of likely N-dealkylation sites (tertiary alicyclic amines) is 1. The van der Waals surface area contributed by atoms with E-state index in [0.29, 0.717) is 31.4 Å². The molecule has 0 bridgehead atoms. The van der Waals surface area contributed by atoms with Gasteiger partial charge in [-0.05, 0) is 31.2 Å². The molecule has 0 aromatic carbocycles. The van der Waals surface area contributed by atoms with Gasteiger partial charge >= 0.3 is 0 Å². The average molecular weight is 362 g/mol. The first-order valence-corrected chi connectivity index (χ1v) is 9.60. The Morgan fingerprint density at radius 2 is 2.24 bits per heavy atom. The normalized spacial score (nSPS) is 21.8. The standard InChI is InChI=1S/C18H22N2O4S/c1-12-14(19-17(24-12)15-5-3-9-25-15)10-16(21)20-6-2-4-13(11-20)18-22-7-8-23-18/h3,5,9,13,18H,2,4,6-8,10-11H2,1H3. The fraction of sp³-hybridized carbons (Fsp3) is 0.556. The number of hydrogen-bond donors (Lipinski definition) is 0. The van der Waals surface area contributed by atoms with Gasteiger partial charge in [-0.3, -0.25) is 4.79 Å². The van der Waals surface area contributed by atoms with Crippen molar-refractivity contribution in [1.29, 1.82) is 0 Å². The molecule has 1 amide bonds. The third-order valence-electron chi connectivity index (χ3n) is 4.79. The van der Waals surface area contributed by atoms with Crippen LogP contribution in [-0.4, -0.2) is 48.4 Å². The number of piperidine rings is 1. The molecule has 6 nitrogen and oxygen atoms in total. The first-order valence-electron chi connectivity index (χ1n) is 8.72. The predicted molar refractivity (Wildman–Crippen MR) is 93.3 cm³/mol. The monoisotopic (exact) mass is 362 g/mol. The largest absolute Gasteiger partial charge is 0.440 e. The Kier molecular flexibility index (Phi) is 4.87. The number of oxazole rings is 1. The summed E-state index contributed by atoms with van der Waals surface area (Å²) >= 11 is 1.58. The summed E-state index contributed by atoms with van der Waals surface area (Å²) in [5.74, 6) is 1.67. The summed E-state index contributed by atoms with van der Waals surface area (Å²) in [5, 5.41) is 1.99. The number of aryl methyl sites for hydroxylation is 1. The molecule has 0 aliphatic carbocycles. The van der Waals surface area contributed by atoms with E-state index in [1.807, 2.05) is 29.3 Å². The van der Waals surface area contributed by atoms with Crippen LogP contribution < -0.4 is 0 Å². The van der Waals surface area contributed by atoms with Gasteiger partial charge in [-0.15, -0.1) is 11.3 Å². The Balaban J connectivity index is 1.41. The van der Waals surface area contributed by atoms with E-state index < -0.39 is 0 Å². The number of carbonyl (C=O) groups is 1. The second-order valence-corrected chi connectivity index (χ2v) is 7.48. The van der Waals surface area contributed by atoms with Gasteiger partial charge in [0.1, 0.15) is 5.76 Å². The molecule has 134 valence electrons. The van der Waals surface area contributed by atoms with Crippen LogP contribution in [0.3, 0.4) is 0 Å². The molecule has 2 aliphatic rings. The van der Waals surface area contributed by atoms with E-state index in [9.17, 15) is 4.79 Å². The molecule has 0 radical (unpaired) electrons. The topological polar surface area (TPSA) is 64.8 Å². The molecule has 0 N–H and O–H groups in total. The summed E-state index contributed by atoms with van der Waals surface area (Å²) in [6.45, 7) is 4.65. The van der Waals surface area contributed by atoms with Crippen LogP contribution in [0.15, 0.2) is 21.9 Å². The van der Waals surface area contributed by atoms with Crippen LogP contribution >= 0.6 is 11.3 Å². The van der Waals surface area contributed by atoms with Gasteiger partial charge in [-0.1, -0.05) is 6.07 Å². The van der Waals surface area contributed by atoms with Crippen molar-refractivity contribution in [2.24, 2.45) is 5.92 Å². The Morgan fingerprint density at radius 3 is 3.00 bits per heavy atom. The molecule has 4 heterocycles. The third-order valence-corrected chi connectivity index (χ3v) is 5.64. The highest BCUT2D eigenvalue weighted by Crippen LogP contribution is 2.28. The molecule has 2 saturated heterocycles. The minimum atomic E-state index is -0.158. The van der Waals surface area contributed by atoms with Crippen molar-refractivity contribution in [3.8, 4) is 10.8 Å². The zero-order valence-electron chi connectivity index (χ0n) is 14.3. The summed E-state index contributed by atoms with van der Waals surface area (Å²) in [6, 6.07) is 3.93. The van der Waals surface area contributed by atoms with Crippen LogP contribution in [-0.2, 0) is 20.7 Å². The second-order valence-electron chi connectivity index (χ2n) is 6.53. The van der Waals surface area contributed by atoms with E-state index in [1.165, 1.54) is 0 Å². The maximum Gasteiger partial charge on any atom is 0.236 e. The number of rotatable bonds is 4. The molecular formula is C18H22N2O4S. The first-order chi connectivity index (χ1) is 12.2. The van der Waals surface area contributed by atoms with Gasteiger partial charge in [-0.25, -0.2) is 4.98 Å². The molecule has 2 aromatic rings. The predicted octanol–water partition coefficient (Wildman–Crippen LogP) is 2.87. The number of aromatic nitrogens is 1. The summed E-state index contributed by atoms with van der Waals surface area (Å²) < 4.78 is 17.0. The number of ether oxygens (including phenoxy) is 2. The summed E-state index contributed by atoms with van der Waals surface area (Å²) in [4.78, 5) is 20.2. The lowest BCUT2D eigenvalue weighted by molar-refractivity contribution is -0.138. The van der Waals surface area contributed by atoms with Crippen molar-refractivity contribution < 1.29 is 18.7 Å². The second kappa shape index (κ2) is 7.27. The number of nitrogens with zero attached hydrogens (tertiary/aromatic N) is 2. The summed E-state index contributed by atoms with van der Waals surface area (Å²) in [6.07, 6.45) is 2.15. The summed E-state index contributed by atoms with van der Waals surface area (Å²) in [5.41, 5.74) is 0.726. The molecule has 2 aromatic heterocycles. The minimum absolute atomic E-state index is 0.0943. The SMILES string of the molecule is Cc1oc(-c2cccs2)nc1CC(=O)N1CCCC(C2OCCO2)C1. The van der Waals surface area contributed by atoms with E-state index in [0.717, 1.165) is 30.0 Å². The van der Waals surface area contributed by atoms with Crippen molar-refractivity contribution in [3.05, 3.63) is 29.0 Å². The smallest absolute Gasteiger partial charge is 0.236 e. The third kappa shape index (κ3) is 3.63. The highest BCUT2D eigenvalue weighted by Gasteiger charge is 2.33. The average Bonchev–Trinajstić information content (AvgIpc) is 3.38. The van der Waals surface area contributed by atoms with Crippen molar-refractivity contribution in [2.45, 2.75) is 32.5 Å². The van der Waals surface area contributed by atoms with Gasteiger partial charge in [0, 0.05) is 19.0 Å². The maximum absolute atomic E-state index is 12.7. The molecule has 1 unspecified atom stereocenters. The van der Waals surface area contributed by atoms with E-state index in [2.05, 4.69) is 4.98 Å². The fourth-order valence-electron chi connectivity index (χ4n) is 3.46. The molecule has 25 heavy (non-hydrogen) atoms. The lowest BCUT2D eigenvalue weighted by Gasteiger charge is -2.34. The van der Waals surface area contributed by atoms with Gasteiger partial charge in [0.25, 0.3) is 0 Å². The highest BCUT2D eigenvalue weighted by molar-refractivity contribution is 7.13. The van der Waals surface area contributed by atoms with E-state index >= 15 is 0 Å². The van der Waals surface area contributed by atoms with Crippen LogP contribution in [0.25, 0.3) is 10.8 Å². The molecule has 1 atom stereocenters.